The Hall–Kier alpha value is -0.0213. The molecule has 2 heteroatoms. The summed E-state index contributed by atoms with van der Waals surface area (Å²) < 4.78 is 5.57. The molecule has 1 nitrogen and oxygen atoms in total. The molecule has 1 aliphatic rings. The Bertz CT molecular complexity index is 421. The minimum atomic E-state index is -2.19. The van der Waals surface area contributed by atoms with Crippen molar-refractivity contribution in [3.8, 4) is 0 Å². The molecule has 22 heavy (non-hydrogen) atoms. The van der Waals surface area contributed by atoms with Gasteiger partial charge in [0.1, 0.15) is 0 Å². The van der Waals surface area contributed by atoms with Crippen LogP contribution in [0.5, 0.6) is 0 Å². The monoisotopic (exact) mass is 409 g/mol. The molecule has 1 heterocycles. The molecule has 2 rings (SSSR count). The van der Waals surface area contributed by atoms with Crippen LogP contribution in [0.3, 0.4) is 0 Å². The molecule has 0 aromatic heterocycles. The number of hydrogen-bond acceptors (Lipinski definition) is 1. The Labute approximate surface area is 142 Å². The fourth-order valence-corrected chi connectivity index (χ4v) is 22.1. The Morgan fingerprint density at radius 1 is 0.909 bits per heavy atom. The predicted octanol–water partition coefficient (Wildman–Crippen LogP) is 6.22. The van der Waals surface area contributed by atoms with E-state index in [9.17, 15) is 0 Å². The summed E-state index contributed by atoms with van der Waals surface area (Å²) >= 11 is -2.19. The van der Waals surface area contributed by atoms with E-state index < -0.39 is 18.4 Å². The van der Waals surface area contributed by atoms with Crippen LogP contribution in [-0.4, -0.2) is 18.4 Å². The second-order valence-electron chi connectivity index (χ2n) is 7.19. The molecule has 1 aromatic carbocycles. The van der Waals surface area contributed by atoms with Crippen molar-refractivity contribution in [2.45, 2.75) is 83.2 Å². The fraction of sp³-hybridized carbons (Fsp3) is 0.700. The van der Waals surface area contributed by atoms with Gasteiger partial charge in [0.15, 0.2) is 0 Å². The van der Waals surface area contributed by atoms with Crippen LogP contribution in [0.1, 0.15) is 74.5 Å². The van der Waals surface area contributed by atoms with E-state index in [1.165, 1.54) is 38.5 Å². The Morgan fingerprint density at radius 2 is 1.45 bits per heavy atom. The zero-order valence-electron chi connectivity index (χ0n) is 15.0. The maximum absolute atomic E-state index is 3.98. The van der Waals surface area contributed by atoms with Crippen molar-refractivity contribution in [2.24, 2.45) is 0 Å². The summed E-state index contributed by atoms with van der Waals surface area (Å²) in [4.78, 5) is 0. The summed E-state index contributed by atoms with van der Waals surface area (Å²) in [7, 11) is 0. The number of benzene rings is 1. The van der Waals surface area contributed by atoms with Crippen LogP contribution in [-0.2, 0) is 6.54 Å². The van der Waals surface area contributed by atoms with E-state index in [0.29, 0.717) is 0 Å². The van der Waals surface area contributed by atoms with Gasteiger partial charge in [-0.25, -0.2) is 0 Å². The maximum atomic E-state index is 3.98. The van der Waals surface area contributed by atoms with E-state index in [1.54, 1.807) is 24.4 Å². The molecule has 0 saturated carbocycles. The molecule has 1 unspecified atom stereocenters. The van der Waals surface area contributed by atoms with Crippen molar-refractivity contribution in [3.05, 3.63) is 35.4 Å². The first-order chi connectivity index (χ1) is 10.8. The molecule has 0 fully saturated rings. The molecular weight excluding hydrogens is 373 g/mol. The van der Waals surface area contributed by atoms with Gasteiger partial charge in [-0.2, -0.15) is 0 Å². The fourth-order valence-electron chi connectivity index (χ4n) is 4.24. The van der Waals surface area contributed by atoms with Gasteiger partial charge in [-0.05, 0) is 0 Å². The van der Waals surface area contributed by atoms with E-state index in [2.05, 4.69) is 50.4 Å². The number of rotatable bonds is 10. The number of unbranched alkanes of at least 4 members (excludes halogenated alkanes) is 3. The van der Waals surface area contributed by atoms with Gasteiger partial charge in [-0.1, -0.05) is 0 Å². The first-order valence-electron chi connectivity index (χ1n) is 9.58. The molecule has 124 valence electrons. The first-order valence-corrected chi connectivity index (χ1v) is 17.3. The molecule has 0 aliphatic carbocycles. The van der Waals surface area contributed by atoms with Crippen LogP contribution < -0.4 is 5.32 Å². The number of nitrogens with one attached hydrogen (secondary N) is 1. The second kappa shape index (κ2) is 9.32. The van der Waals surface area contributed by atoms with E-state index in [-0.39, 0.29) is 0 Å². The summed E-state index contributed by atoms with van der Waals surface area (Å²) in [5, 5.41) is 3.98. The van der Waals surface area contributed by atoms with Gasteiger partial charge in [0.25, 0.3) is 0 Å². The van der Waals surface area contributed by atoms with E-state index in [4.69, 9.17) is 0 Å². The molecule has 1 atom stereocenters. The predicted molar refractivity (Wildman–Crippen MR) is 101 cm³/mol. The SMILES string of the molecule is CCC[CH2][Sn]([CH2]CCC)([CH2]CCC)[CH]1NCc2ccccc21. The van der Waals surface area contributed by atoms with Crippen molar-refractivity contribution >= 4 is 18.4 Å². The van der Waals surface area contributed by atoms with Crippen molar-refractivity contribution in [1.29, 1.82) is 0 Å². The van der Waals surface area contributed by atoms with Crippen molar-refractivity contribution in [1.82, 2.24) is 5.32 Å². The average molecular weight is 408 g/mol. The quantitative estimate of drug-likeness (QED) is 0.454. The van der Waals surface area contributed by atoms with Gasteiger partial charge in [-0.15, -0.1) is 0 Å². The standard InChI is InChI=1S/C8H8N.3C4H9.Sn/c1-2-4-8-6-9-5-7(8)3-1;3*1-3-4-2;/h1-5,9H,6H2;3*1,3-4H2,2H3;. The number of fused-ring (bicyclic) bond motifs is 1. The molecule has 0 radical (unpaired) electrons. The normalized spacial score (nSPS) is 17.7. The van der Waals surface area contributed by atoms with Crippen LogP contribution in [0.25, 0.3) is 0 Å². The van der Waals surface area contributed by atoms with Gasteiger partial charge < -0.3 is 0 Å². The zero-order valence-corrected chi connectivity index (χ0v) is 17.8. The first kappa shape index (κ1) is 18.3. The second-order valence-corrected chi connectivity index (χ2v) is 20.9. The topological polar surface area (TPSA) is 12.0 Å². The van der Waals surface area contributed by atoms with Crippen molar-refractivity contribution in [2.75, 3.05) is 0 Å². The van der Waals surface area contributed by atoms with Gasteiger partial charge in [0.2, 0.25) is 0 Å². The van der Waals surface area contributed by atoms with Gasteiger partial charge in [-0.3, -0.25) is 0 Å². The Morgan fingerprint density at radius 3 is 2.00 bits per heavy atom. The van der Waals surface area contributed by atoms with Crippen LogP contribution in [0.4, 0.5) is 0 Å². The average Bonchev–Trinajstić information content (AvgIpc) is 2.99. The van der Waals surface area contributed by atoms with E-state index in [0.717, 1.165) is 10.6 Å². The Kier molecular flexibility index (Phi) is 7.76. The van der Waals surface area contributed by atoms with Gasteiger partial charge >= 0.3 is 142 Å². The van der Waals surface area contributed by atoms with E-state index in [1.807, 2.05) is 0 Å². The summed E-state index contributed by atoms with van der Waals surface area (Å²) in [5.41, 5.74) is 3.26. The third-order valence-electron chi connectivity index (χ3n) is 5.56. The van der Waals surface area contributed by atoms with Crippen LogP contribution in [0.15, 0.2) is 24.3 Å². The van der Waals surface area contributed by atoms with Crippen molar-refractivity contribution in [3.63, 3.8) is 0 Å². The molecule has 1 N–H and O–H groups in total. The Balaban J connectivity index is 2.28. The van der Waals surface area contributed by atoms with Gasteiger partial charge in [0, 0.05) is 0 Å². The molecule has 0 spiro atoms. The third-order valence-corrected chi connectivity index (χ3v) is 22.1. The molecule has 1 aliphatic heterocycles. The molecular formula is C20H35NSn. The minimum absolute atomic E-state index is 0.787. The molecule has 1 aromatic rings. The summed E-state index contributed by atoms with van der Waals surface area (Å²) in [5.74, 6) is 0. The van der Waals surface area contributed by atoms with Crippen LogP contribution in [0.2, 0.25) is 13.3 Å². The zero-order chi connectivity index (χ0) is 15.8. The molecule has 0 amide bonds. The summed E-state index contributed by atoms with van der Waals surface area (Å²) in [6.45, 7) is 8.22. The molecule has 0 bridgehead atoms. The number of hydrogen-bond donors (Lipinski definition) is 1. The summed E-state index contributed by atoms with van der Waals surface area (Å²) in [6.07, 6.45) is 8.49. The van der Waals surface area contributed by atoms with Crippen LogP contribution in [0, 0.1) is 0 Å². The summed E-state index contributed by atoms with van der Waals surface area (Å²) in [6, 6.07) is 9.24. The van der Waals surface area contributed by atoms with Crippen LogP contribution >= 0.6 is 0 Å². The van der Waals surface area contributed by atoms with Gasteiger partial charge in [0.05, 0.1) is 0 Å². The van der Waals surface area contributed by atoms with E-state index >= 15 is 0 Å². The molecule has 0 saturated heterocycles. The third kappa shape index (κ3) is 4.29. The van der Waals surface area contributed by atoms with Crippen molar-refractivity contribution < 1.29 is 0 Å².